The summed E-state index contributed by atoms with van der Waals surface area (Å²) >= 11 is 1.29. The monoisotopic (exact) mass is 490 g/mol. The second-order valence-corrected chi connectivity index (χ2v) is 8.96. The standard InChI is InChI=1S/C25H20F2N6OS/c1-16-22(24(34)33(31(16)2)21-6-4-3-5-7-21)32-25(28-29-30-32)35-23(17-8-12-19(26)13-9-17)18-10-14-20(27)15-11-18/h3-15,23H,1-2H3. The Morgan fingerprint density at radius 1 is 0.857 bits per heavy atom. The quantitative estimate of drug-likeness (QED) is 0.325. The minimum absolute atomic E-state index is 0.273. The summed E-state index contributed by atoms with van der Waals surface area (Å²) in [6.07, 6.45) is 0. The normalized spacial score (nSPS) is 11.3. The summed E-state index contributed by atoms with van der Waals surface area (Å²) in [5, 5.41) is 12.1. The van der Waals surface area contributed by atoms with Crippen LogP contribution in [-0.4, -0.2) is 29.6 Å². The third-order valence-corrected chi connectivity index (χ3v) is 6.99. The molecule has 0 aliphatic heterocycles. The lowest BCUT2D eigenvalue weighted by Gasteiger charge is -2.17. The number of para-hydroxylation sites is 1. The fourth-order valence-electron chi connectivity index (χ4n) is 3.90. The lowest BCUT2D eigenvalue weighted by molar-refractivity contribution is 0.626. The van der Waals surface area contributed by atoms with Crippen LogP contribution in [0.2, 0.25) is 0 Å². The molecule has 0 aliphatic carbocycles. The van der Waals surface area contributed by atoms with Crippen LogP contribution in [0.4, 0.5) is 8.78 Å². The molecule has 176 valence electrons. The van der Waals surface area contributed by atoms with Gasteiger partial charge in [-0.2, -0.15) is 4.68 Å². The third kappa shape index (κ3) is 4.28. The zero-order chi connectivity index (χ0) is 24.5. The van der Waals surface area contributed by atoms with Gasteiger partial charge in [-0.05, 0) is 64.9 Å². The lowest BCUT2D eigenvalue weighted by Crippen LogP contribution is -2.22. The molecule has 0 bridgehead atoms. The van der Waals surface area contributed by atoms with Crippen LogP contribution in [-0.2, 0) is 7.05 Å². The molecule has 35 heavy (non-hydrogen) atoms. The first-order valence-electron chi connectivity index (χ1n) is 10.7. The minimum Gasteiger partial charge on any atom is -0.283 e. The number of aromatic nitrogens is 6. The molecular formula is C25H20F2N6OS. The van der Waals surface area contributed by atoms with Crippen molar-refractivity contribution in [3.8, 4) is 11.4 Å². The van der Waals surface area contributed by atoms with Crippen LogP contribution in [0.25, 0.3) is 11.4 Å². The zero-order valence-corrected chi connectivity index (χ0v) is 19.7. The molecule has 0 saturated carbocycles. The number of benzene rings is 3. The topological polar surface area (TPSA) is 70.5 Å². The number of tetrazole rings is 1. The molecule has 0 unspecified atom stereocenters. The molecule has 2 aromatic heterocycles. The Morgan fingerprint density at radius 2 is 1.43 bits per heavy atom. The number of rotatable bonds is 6. The highest BCUT2D eigenvalue weighted by atomic mass is 32.2. The molecule has 5 rings (SSSR count). The zero-order valence-electron chi connectivity index (χ0n) is 18.8. The van der Waals surface area contributed by atoms with Gasteiger partial charge in [0.25, 0.3) is 5.56 Å². The molecule has 3 aromatic carbocycles. The highest BCUT2D eigenvalue weighted by molar-refractivity contribution is 7.99. The first kappa shape index (κ1) is 22.7. The first-order valence-corrected chi connectivity index (χ1v) is 11.6. The maximum absolute atomic E-state index is 13.6. The maximum atomic E-state index is 13.6. The molecule has 0 aliphatic rings. The first-order chi connectivity index (χ1) is 16.9. The summed E-state index contributed by atoms with van der Waals surface area (Å²) in [7, 11) is 1.80. The summed E-state index contributed by atoms with van der Waals surface area (Å²) in [6.45, 7) is 1.82. The van der Waals surface area contributed by atoms with Crippen molar-refractivity contribution < 1.29 is 8.78 Å². The summed E-state index contributed by atoms with van der Waals surface area (Å²) in [4.78, 5) is 13.5. The van der Waals surface area contributed by atoms with Crippen molar-refractivity contribution in [1.29, 1.82) is 0 Å². The van der Waals surface area contributed by atoms with Gasteiger partial charge in [-0.15, -0.1) is 5.10 Å². The number of hydrogen-bond donors (Lipinski definition) is 0. The van der Waals surface area contributed by atoms with Gasteiger partial charge >= 0.3 is 0 Å². The predicted molar refractivity (Wildman–Crippen MR) is 129 cm³/mol. The van der Waals surface area contributed by atoms with Gasteiger partial charge in [0.2, 0.25) is 5.16 Å². The Hall–Kier alpha value is -4.05. The Balaban J connectivity index is 1.60. The van der Waals surface area contributed by atoms with Crippen LogP contribution in [0.15, 0.2) is 88.8 Å². The van der Waals surface area contributed by atoms with Crippen molar-refractivity contribution in [2.24, 2.45) is 7.05 Å². The number of hydrogen-bond acceptors (Lipinski definition) is 5. The van der Waals surface area contributed by atoms with E-state index < -0.39 is 0 Å². The molecule has 0 fully saturated rings. The van der Waals surface area contributed by atoms with Crippen molar-refractivity contribution in [3.63, 3.8) is 0 Å². The lowest BCUT2D eigenvalue weighted by atomic mass is 10.0. The largest absolute Gasteiger partial charge is 0.297 e. The van der Waals surface area contributed by atoms with Crippen LogP contribution in [0.5, 0.6) is 0 Å². The number of thioether (sulfide) groups is 1. The van der Waals surface area contributed by atoms with Gasteiger partial charge in [0, 0.05) is 7.05 Å². The van der Waals surface area contributed by atoms with Gasteiger partial charge < -0.3 is 0 Å². The van der Waals surface area contributed by atoms with Crippen molar-refractivity contribution >= 4 is 11.8 Å². The van der Waals surface area contributed by atoms with Gasteiger partial charge in [0.15, 0.2) is 5.69 Å². The molecule has 0 atom stereocenters. The Morgan fingerprint density at radius 3 is 2.00 bits per heavy atom. The minimum atomic E-state index is -0.374. The number of nitrogens with zero attached hydrogens (tertiary/aromatic N) is 6. The highest BCUT2D eigenvalue weighted by Gasteiger charge is 2.25. The van der Waals surface area contributed by atoms with E-state index in [1.54, 1.807) is 40.7 Å². The molecule has 0 spiro atoms. The molecule has 7 nitrogen and oxygen atoms in total. The van der Waals surface area contributed by atoms with E-state index in [-0.39, 0.29) is 22.4 Å². The van der Waals surface area contributed by atoms with Crippen LogP contribution >= 0.6 is 11.8 Å². The van der Waals surface area contributed by atoms with Gasteiger partial charge in [0.05, 0.1) is 16.6 Å². The van der Waals surface area contributed by atoms with E-state index in [1.807, 2.05) is 37.3 Å². The second-order valence-electron chi connectivity index (χ2n) is 7.88. The van der Waals surface area contributed by atoms with Crippen LogP contribution in [0.1, 0.15) is 22.1 Å². The van der Waals surface area contributed by atoms with E-state index in [1.165, 1.54) is 40.7 Å². The van der Waals surface area contributed by atoms with E-state index >= 15 is 0 Å². The molecule has 10 heteroatoms. The third-order valence-electron chi connectivity index (χ3n) is 5.75. The molecular weight excluding hydrogens is 470 g/mol. The molecule has 2 heterocycles. The van der Waals surface area contributed by atoms with Crippen molar-refractivity contribution in [2.75, 3.05) is 0 Å². The Kier molecular flexibility index (Phi) is 6.04. The Labute approximate surface area is 203 Å². The van der Waals surface area contributed by atoms with E-state index in [4.69, 9.17) is 0 Å². The maximum Gasteiger partial charge on any atom is 0.297 e. The summed E-state index contributed by atoms with van der Waals surface area (Å²) < 4.78 is 31.9. The molecule has 0 amide bonds. The van der Waals surface area contributed by atoms with Gasteiger partial charge in [0.1, 0.15) is 11.6 Å². The second kappa shape index (κ2) is 9.30. The molecule has 0 N–H and O–H groups in total. The van der Waals surface area contributed by atoms with E-state index in [0.29, 0.717) is 22.2 Å². The van der Waals surface area contributed by atoms with E-state index in [9.17, 15) is 13.6 Å². The van der Waals surface area contributed by atoms with Crippen LogP contribution < -0.4 is 5.56 Å². The average Bonchev–Trinajstić information content (AvgIpc) is 3.40. The Bertz CT molecular complexity index is 1480. The summed E-state index contributed by atoms with van der Waals surface area (Å²) in [6, 6.07) is 21.4. The van der Waals surface area contributed by atoms with Crippen molar-refractivity contribution in [3.05, 3.63) is 118 Å². The summed E-state index contributed by atoms with van der Waals surface area (Å²) in [5.41, 5.74) is 3.00. The molecule has 0 radical (unpaired) electrons. The van der Waals surface area contributed by atoms with Gasteiger partial charge in [-0.25, -0.2) is 13.5 Å². The fraction of sp³-hybridized carbons (Fsp3) is 0.120. The highest BCUT2D eigenvalue weighted by Crippen LogP contribution is 2.40. The van der Waals surface area contributed by atoms with Crippen molar-refractivity contribution in [1.82, 2.24) is 29.6 Å². The van der Waals surface area contributed by atoms with Crippen molar-refractivity contribution in [2.45, 2.75) is 17.3 Å². The smallest absolute Gasteiger partial charge is 0.283 e. The van der Waals surface area contributed by atoms with Gasteiger partial charge in [-0.1, -0.05) is 54.2 Å². The van der Waals surface area contributed by atoms with Gasteiger partial charge in [-0.3, -0.25) is 9.48 Å². The van der Waals surface area contributed by atoms with E-state index in [0.717, 1.165) is 11.1 Å². The van der Waals surface area contributed by atoms with Crippen LogP contribution in [0, 0.1) is 18.6 Å². The average molecular weight is 491 g/mol. The SMILES string of the molecule is Cc1c(-n2nnnc2SC(c2ccc(F)cc2)c2ccc(F)cc2)c(=O)n(-c2ccccc2)n1C. The van der Waals surface area contributed by atoms with E-state index in [2.05, 4.69) is 15.5 Å². The fourth-order valence-corrected chi connectivity index (χ4v) is 5.01. The van der Waals surface area contributed by atoms with Crippen LogP contribution in [0.3, 0.4) is 0 Å². The summed E-state index contributed by atoms with van der Waals surface area (Å²) in [5.74, 6) is -0.717. The molecule has 5 aromatic rings. The predicted octanol–water partition coefficient (Wildman–Crippen LogP) is 4.62. The molecule has 0 saturated heterocycles. The number of halogens is 2.